The Kier molecular flexibility index (Phi) is 3.39. The first-order chi connectivity index (χ1) is 8.13. The average molecular weight is 251 g/mol. The molecule has 0 amide bonds. The van der Waals surface area contributed by atoms with Gasteiger partial charge in [-0.2, -0.15) is 0 Å². The van der Waals surface area contributed by atoms with Crippen LogP contribution in [-0.4, -0.2) is 15.7 Å². The minimum atomic E-state index is -0.263. The molecule has 2 rings (SSSR count). The molecule has 0 fully saturated rings. The predicted octanol–water partition coefficient (Wildman–Crippen LogP) is 0.414. The Bertz CT molecular complexity index is 529. The van der Waals surface area contributed by atoms with Crippen molar-refractivity contribution in [2.75, 3.05) is 0 Å². The molecule has 1 aromatic heterocycles. The van der Waals surface area contributed by atoms with Gasteiger partial charge in [-0.05, 0) is 30.5 Å². The highest BCUT2D eigenvalue weighted by atomic mass is 35.5. The van der Waals surface area contributed by atoms with Crippen molar-refractivity contribution in [3.8, 4) is 0 Å². The molecule has 0 saturated heterocycles. The first kappa shape index (κ1) is 11.6. The van der Waals surface area contributed by atoms with Gasteiger partial charge in [0.2, 0.25) is 6.33 Å². The second kappa shape index (κ2) is 4.97. The Morgan fingerprint density at radius 1 is 1.47 bits per heavy atom. The first-order valence-electron chi connectivity index (χ1n) is 5.04. The summed E-state index contributed by atoms with van der Waals surface area (Å²) < 4.78 is 3.08. The van der Waals surface area contributed by atoms with E-state index in [0.29, 0.717) is 11.6 Å². The Hall–Kier alpha value is -1.88. The summed E-state index contributed by atoms with van der Waals surface area (Å²) in [5, 5.41) is 19.3. The minimum absolute atomic E-state index is 0.263. The van der Waals surface area contributed by atoms with Crippen molar-refractivity contribution in [1.29, 1.82) is 0 Å². The van der Waals surface area contributed by atoms with E-state index in [-0.39, 0.29) is 5.90 Å². The van der Waals surface area contributed by atoms with Crippen LogP contribution in [0.4, 0.5) is 0 Å². The van der Waals surface area contributed by atoms with Crippen LogP contribution in [0.25, 0.3) is 0 Å². The lowest BCUT2D eigenvalue weighted by Gasteiger charge is -1.97. The maximum Gasteiger partial charge on any atom is 0.288 e. The van der Waals surface area contributed by atoms with Gasteiger partial charge in [-0.15, -0.1) is 14.5 Å². The third-order valence-electron chi connectivity index (χ3n) is 2.08. The molecule has 0 bridgehead atoms. The summed E-state index contributed by atoms with van der Waals surface area (Å²) in [5.74, 6) is -0.263. The van der Waals surface area contributed by atoms with Gasteiger partial charge in [-0.25, -0.2) is 0 Å². The van der Waals surface area contributed by atoms with E-state index in [4.69, 9.17) is 11.6 Å². The fourth-order valence-corrected chi connectivity index (χ4v) is 1.51. The van der Waals surface area contributed by atoms with Crippen LogP contribution in [0.1, 0.15) is 12.5 Å². The van der Waals surface area contributed by atoms with Crippen LogP contribution >= 0.6 is 11.6 Å². The zero-order valence-electron chi connectivity index (χ0n) is 9.25. The molecule has 0 saturated carbocycles. The molecular weight excluding hydrogens is 240 g/mol. The molecule has 1 aromatic carbocycles. The maximum atomic E-state index is 10.8. The van der Waals surface area contributed by atoms with Crippen LogP contribution in [0.15, 0.2) is 42.0 Å². The Balaban J connectivity index is 2.11. The molecule has 2 aromatic rings. The number of benzene rings is 1. The van der Waals surface area contributed by atoms with Crippen LogP contribution in [0, 0.1) is 0 Å². The molecule has 0 N–H and O–H groups in total. The van der Waals surface area contributed by atoms with Crippen LogP contribution in [-0.2, 0) is 6.54 Å². The van der Waals surface area contributed by atoms with Crippen molar-refractivity contribution < 1.29 is 9.78 Å². The average Bonchev–Trinajstić information content (AvgIpc) is 2.68. The summed E-state index contributed by atoms with van der Waals surface area (Å²) in [6.45, 7) is 2.00. The van der Waals surface area contributed by atoms with E-state index < -0.39 is 0 Å². The van der Waals surface area contributed by atoms with Gasteiger partial charge in [0.1, 0.15) is 6.54 Å². The molecule has 88 valence electrons. The Morgan fingerprint density at radius 2 is 2.18 bits per heavy atom. The molecule has 0 unspecified atom stereocenters. The highest BCUT2D eigenvalue weighted by molar-refractivity contribution is 6.30. The zero-order valence-corrected chi connectivity index (χ0v) is 10.0. The largest absolute Gasteiger partial charge is 0.860 e. The lowest BCUT2D eigenvalue weighted by atomic mass is 10.2. The van der Waals surface area contributed by atoms with Gasteiger partial charge in [0.05, 0.1) is 0 Å². The van der Waals surface area contributed by atoms with Crippen molar-refractivity contribution >= 4 is 17.5 Å². The fourth-order valence-electron chi connectivity index (χ4n) is 1.39. The van der Waals surface area contributed by atoms with Crippen molar-refractivity contribution in [2.45, 2.75) is 13.5 Å². The zero-order chi connectivity index (χ0) is 12.3. The number of hydrogen-bond acceptors (Lipinski definition) is 3. The monoisotopic (exact) mass is 250 g/mol. The minimum Gasteiger partial charge on any atom is -0.860 e. The molecule has 0 radical (unpaired) electrons. The summed E-state index contributed by atoms with van der Waals surface area (Å²) in [5.41, 5.74) is 1.08. The molecule has 5 nitrogen and oxygen atoms in total. The number of aromatic nitrogens is 3. The van der Waals surface area contributed by atoms with Gasteiger partial charge in [0, 0.05) is 10.1 Å². The maximum absolute atomic E-state index is 10.8. The Morgan fingerprint density at radius 3 is 2.82 bits per heavy atom. The number of halogens is 1. The fraction of sp³-hybridized carbons (Fsp3) is 0.182. The molecule has 1 heterocycles. The lowest BCUT2D eigenvalue weighted by molar-refractivity contribution is -0.682. The van der Waals surface area contributed by atoms with Crippen molar-refractivity contribution in [2.24, 2.45) is 5.10 Å². The topological polar surface area (TPSA) is 57.1 Å². The third kappa shape index (κ3) is 3.29. The van der Waals surface area contributed by atoms with E-state index in [1.54, 1.807) is 11.0 Å². The van der Waals surface area contributed by atoms with E-state index >= 15 is 0 Å². The number of rotatable bonds is 3. The smallest absolute Gasteiger partial charge is 0.288 e. The van der Waals surface area contributed by atoms with Gasteiger partial charge in [-0.1, -0.05) is 23.7 Å². The molecule has 0 spiro atoms. The standard InChI is InChI=1S/C11H11ClN4O/c1-9(17)14-16-7-13-15(8-16)6-10-2-4-11(12)5-3-10/h2-5,7-8H,6H2,1H3. The second-order valence-electron chi connectivity index (χ2n) is 3.57. The molecular formula is C11H11ClN4O. The van der Waals surface area contributed by atoms with E-state index in [1.165, 1.54) is 17.9 Å². The third-order valence-corrected chi connectivity index (χ3v) is 2.34. The molecule has 0 aliphatic rings. The van der Waals surface area contributed by atoms with Gasteiger partial charge >= 0.3 is 0 Å². The number of nitrogens with zero attached hydrogens (tertiary/aromatic N) is 4. The lowest BCUT2D eigenvalue weighted by Crippen LogP contribution is -2.30. The Labute approximate surface area is 104 Å². The van der Waals surface area contributed by atoms with E-state index in [9.17, 15) is 5.11 Å². The van der Waals surface area contributed by atoms with Crippen molar-refractivity contribution in [3.05, 3.63) is 47.5 Å². The van der Waals surface area contributed by atoms with Gasteiger partial charge in [-0.3, -0.25) is 0 Å². The summed E-state index contributed by atoms with van der Waals surface area (Å²) in [6.07, 6.45) is 3.13. The molecule has 6 heteroatoms. The summed E-state index contributed by atoms with van der Waals surface area (Å²) >= 11 is 5.80. The van der Waals surface area contributed by atoms with Crippen molar-refractivity contribution in [3.63, 3.8) is 0 Å². The van der Waals surface area contributed by atoms with Crippen LogP contribution in [0.2, 0.25) is 5.02 Å². The molecule has 0 aliphatic carbocycles. The van der Waals surface area contributed by atoms with Gasteiger partial charge < -0.3 is 5.11 Å². The van der Waals surface area contributed by atoms with Gasteiger partial charge in [0.25, 0.3) is 6.33 Å². The SMILES string of the molecule is C/C([O-])=N/[n+]1cnn(Cc2ccc(Cl)cc2)c1. The molecule has 17 heavy (non-hydrogen) atoms. The first-order valence-corrected chi connectivity index (χ1v) is 5.42. The predicted molar refractivity (Wildman–Crippen MR) is 61.5 cm³/mol. The summed E-state index contributed by atoms with van der Waals surface area (Å²) in [6, 6.07) is 7.51. The summed E-state index contributed by atoms with van der Waals surface area (Å²) in [4.78, 5) is 0. The summed E-state index contributed by atoms with van der Waals surface area (Å²) in [7, 11) is 0. The van der Waals surface area contributed by atoms with Crippen molar-refractivity contribution in [1.82, 2.24) is 9.78 Å². The molecule has 0 atom stereocenters. The molecule has 0 aliphatic heterocycles. The quantitative estimate of drug-likeness (QED) is 0.450. The van der Waals surface area contributed by atoms with Crippen LogP contribution in [0.3, 0.4) is 0 Å². The second-order valence-corrected chi connectivity index (χ2v) is 4.01. The normalized spacial score (nSPS) is 11.8. The highest BCUT2D eigenvalue weighted by Gasteiger charge is 2.05. The van der Waals surface area contributed by atoms with Gasteiger partial charge in [0.15, 0.2) is 0 Å². The highest BCUT2D eigenvalue weighted by Crippen LogP contribution is 2.09. The van der Waals surface area contributed by atoms with E-state index in [2.05, 4.69) is 10.2 Å². The van der Waals surface area contributed by atoms with Crippen LogP contribution in [0.5, 0.6) is 0 Å². The number of hydrogen-bond donors (Lipinski definition) is 0. The van der Waals surface area contributed by atoms with E-state index in [0.717, 1.165) is 5.56 Å². The van der Waals surface area contributed by atoms with E-state index in [1.807, 2.05) is 24.3 Å². The van der Waals surface area contributed by atoms with Crippen LogP contribution < -0.4 is 9.78 Å².